The molecule has 5 rings (SSSR count). The Hall–Kier alpha value is -2.87. The molecular weight excluding hydrogens is 496 g/mol. The maximum absolute atomic E-state index is 13.6. The van der Waals surface area contributed by atoms with Gasteiger partial charge in [-0.2, -0.15) is 0 Å². The predicted octanol–water partition coefficient (Wildman–Crippen LogP) is 5.16. The van der Waals surface area contributed by atoms with Gasteiger partial charge in [0.05, 0.1) is 29.0 Å². The molecule has 0 N–H and O–H groups in total. The topological polar surface area (TPSA) is 59.1 Å². The van der Waals surface area contributed by atoms with E-state index in [-0.39, 0.29) is 5.91 Å². The molecule has 3 unspecified atom stereocenters. The number of ether oxygens (including phenoxy) is 1. The van der Waals surface area contributed by atoms with Crippen LogP contribution in [0.25, 0.3) is 0 Å². The fourth-order valence-electron chi connectivity index (χ4n) is 4.29. The van der Waals surface area contributed by atoms with Gasteiger partial charge >= 0.3 is 0 Å². The average Bonchev–Trinajstić information content (AvgIpc) is 3.30. The number of hydroxylamine groups is 1. The van der Waals surface area contributed by atoms with E-state index in [9.17, 15) is 9.59 Å². The van der Waals surface area contributed by atoms with Crippen molar-refractivity contribution in [1.82, 2.24) is 0 Å². The summed E-state index contributed by atoms with van der Waals surface area (Å²) >= 11 is 9.63. The number of carbonyl (C=O) groups excluding carboxylic acids is 2. The first kappa shape index (κ1) is 21.0. The van der Waals surface area contributed by atoms with Gasteiger partial charge in [0.25, 0.3) is 5.91 Å². The van der Waals surface area contributed by atoms with Gasteiger partial charge in [0, 0.05) is 5.02 Å². The van der Waals surface area contributed by atoms with Crippen LogP contribution in [-0.2, 0) is 14.4 Å². The summed E-state index contributed by atoms with van der Waals surface area (Å²) in [6.45, 7) is 0. The van der Waals surface area contributed by atoms with Gasteiger partial charge in [-0.1, -0.05) is 41.9 Å². The van der Waals surface area contributed by atoms with E-state index in [2.05, 4.69) is 15.9 Å². The fourth-order valence-corrected chi connectivity index (χ4v) is 5.03. The molecule has 2 saturated heterocycles. The van der Waals surface area contributed by atoms with Gasteiger partial charge in [-0.05, 0) is 64.0 Å². The van der Waals surface area contributed by atoms with Gasteiger partial charge in [-0.25, -0.2) is 9.96 Å². The molecule has 3 aromatic carbocycles. The van der Waals surface area contributed by atoms with E-state index in [1.54, 1.807) is 36.4 Å². The molecular formula is C24H18BrClN2O4. The molecule has 2 fully saturated rings. The molecule has 0 bridgehead atoms. The number of para-hydroxylation sites is 1. The van der Waals surface area contributed by atoms with Gasteiger partial charge in [-0.15, -0.1) is 0 Å². The van der Waals surface area contributed by atoms with E-state index in [0.717, 1.165) is 15.7 Å². The first-order chi connectivity index (χ1) is 15.5. The summed E-state index contributed by atoms with van der Waals surface area (Å²) in [7, 11) is 1.59. The number of carbonyl (C=O) groups is 2. The molecule has 3 aromatic rings. The molecule has 2 amide bonds. The number of rotatable bonds is 4. The van der Waals surface area contributed by atoms with E-state index < -0.39 is 24.0 Å². The molecule has 8 heteroatoms. The number of fused-ring (bicyclic) bond motifs is 1. The first-order valence-electron chi connectivity index (χ1n) is 9.97. The highest BCUT2D eigenvalue weighted by molar-refractivity contribution is 9.10. The smallest absolute Gasteiger partial charge is 0.266 e. The summed E-state index contributed by atoms with van der Waals surface area (Å²) in [5, 5.41) is 2.11. The van der Waals surface area contributed by atoms with Crippen LogP contribution in [0.1, 0.15) is 11.6 Å². The Kier molecular flexibility index (Phi) is 5.41. The second-order valence-corrected chi connectivity index (χ2v) is 8.83. The van der Waals surface area contributed by atoms with Crippen molar-refractivity contribution >= 4 is 50.7 Å². The minimum atomic E-state index is -0.937. The largest absolute Gasteiger partial charge is 0.496 e. The normalized spacial score (nSPS) is 22.4. The van der Waals surface area contributed by atoms with Crippen LogP contribution >= 0.6 is 27.5 Å². The molecule has 0 radical (unpaired) electrons. The fraction of sp³-hybridized carbons (Fsp3) is 0.167. The highest BCUT2D eigenvalue weighted by atomic mass is 79.9. The second-order valence-electron chi connectivity index (χ2n) is 7.54. The molecule has 6 nitrogen and oxygen atoms in total. The number of amides is 2. The summed E-state index contributed by atoms with van der Waals surface area (Å²) in [5.41, 5.74) is 2.02. The van der Waals surface area contributed by atoms with Gasteiger partial charge in [0.1, 0.15) is 11.7 Å². The van der Waals surface area contributed by atoms with E-state index in [1.165, 1.54) is 4.90 Å². The number of hydrogen-bond donors (Lipinski definition) is 0. The van der Waals surface area contributed by atoms with E-state index in [0.29, 0.717) is 16.5 Å². The van der Waals surface area contributed by atoms with Crippen molar-refractivity contribution in [2.75, 3.05) is 17.1 Å². The number of halogens is 2. The predicted molar refractivity (Wildman–Crippen MR) is 125 cm³/mol. The molecule has 0 aromatic heterocycles. The van der Waals surface area contributed by atoms with E-state index in [1.807, 2.05) is 48.5 Å². The van der Waals surface area contributed by atoms with Gasteiger partial charge < -0.3 is 4.74 Å². The zero-order valence-corrected chi connectivity index (χ0v) is 19.3. The number of benzene rings is 3. The van der Waals surface area contributed by atoms with Crippen LogP contribution in [0, 0.1) is 5.92 Å². The average molecular weight is 514 g/mol. The Labute approximate surface area is 198 Å². The number of hydrogen-bond acceptors (Lipinski definition) is 5. The molecule has 3 atom stereocenters. The molecule has 2 aliphatic rings. The zero-order valence-electron chi connectivity index (χ0n) is 16.9. The Balaban J connectivity index is 1.60. The second kappa shape index (κ2) is 8.24. The minimum absolute atomic E-state index is 0.322. The standard InChI is InChI=1S/C24H18BrClN2O4/c1-31-19-11-10-14(12-18(19)25)21-20-22(32-28(21)16-7-3-2-4-8-16)24(30)27(23(20)29)17-9-5-6-15(26)13-17/h2-13,20-22H,1H3. The van der Waals surface area contributed by atoms with Crippen LogP contribution in [0.3, 0.4) is 0 Å². The lowest BCUT2D eigenvalue weighted by Gasteiger charge is -2.29. The minimum Gasteiger partial charge on any atom is -0.496 e. The first-order valence-corrected chi connectivity index (χ1v) is 11.1. The van der Waals surface area contributed by atoms with Crippen molar-refractivity contribution in [2.45, 2.75) is 12.1 Å². The summed E-state index contributed by atoms with van der Waals surface area (Å²) < 4.78 is 6.10. The van der Waals surface area contributed by atoms with Crippen LogP contribution < -0.4 is 14.7 Å². The van der Waals surface area contributed by atoms with Crippen molar-refractivity contribution in [2.24, 2.45) is 5.92 Å². The lowest BCUT2D eigenvalue weighted by molar-refractivity contribution is -0.126. The quantitative estimate of drug-likeness (QED) is 0.451. The molecule has 162 valence electrons. The number of imide groups is 1. The van der Waals surface area contributed by atoms with Gasteiger partial charge in [0.15, 0.2) is 6.10 Å². The van der Waals surface area contributed by atoms with Crippen molar-refractivity contribution in [3.63, 3.8) is 0 Å². The summed E-state index contributed by atoms with van der Waals surface area (Å²) in [6, 6.07) is 21.2. The molecule has 2 aliphatic heterocycles. The lowest BCUT2D eigenvalue weighted by atomic mass is 9.90. The third-order valence-electron chi connectivity index (χ3n) is 5.71. The summed E-state index contributed by atoms with van der Waals surface area (Å²) in [5.74, 6) is -0.775. The monoisotopic (exact) mass is 512 g/mol. The van der Waals surface area contributed by atoms with Crippen LogP contribution in [-0.4, -0.2) is 25.0 Å². The molecule has 2 heterocycles. The van der Waals surface area contributed by atoms with E-state index in [4.69, 9.17) is 21.2 Å². The van der Waals surface area contributed by atoms with E-state index >= 15 is 0 Å². The third-order valence-corrected chi connectivity index (χ3v) is 6.56. The van der Waals surface area contributed by atoms with Crippen LogP contribution in [0.4, 0.5) is 11.4 Å². The van der Waals surface area contributed by atoms with Crippen LogP contribution in [0.2, 0.25) is 5.02 Å². The van der Waals surface area contributed by atoms with Crippen molar-refractivity contribution in [1.29, 1.82) is 0 Å². The van der Waals surface area contributed by atoms with Gasteiger partial charge in [-0.3, -0.25) is 14.4 Å². The van der Waals surface area contributed by atoms with Crippen LogP contribution in [0.5, 0.6) is 5.75 Å². The summed E-state index contributed by atoms with van der Waals surface area (Å²) in [4.78, 5) is 34.2. The zero-order chi connectivity index (χ0) is 22.4. The summed E-state index contributed by atoms with van der Waals surface area (Å²) in [6.07, 6.45) is -0.937. The molecule has 0 spiro atoms. The molecule has 0 saturated carbocycles. The molecule has 0 aliphatic carbocycles. The van der Waals surface area contributed by atoms with Crippen LogP contribution in [0.15, 0.2) is 77.3 Å². The SMILES string of the molecule is COc1ccc(C2C3C(=O)N(c4cccc(Cl)c4)C(=O)C3ON2c2ccccc2)cc1Br. The number of nitrogens with zero attached hydrogens (tertiary/aromatic N) is 2. The number of anilines is 2. The Morgan fingerprint density at radius 3 is 2.38 bits per heavy atom. The Morgan fingerprint density at radius 1 is 0.938 bits per heavy atom. The van der Waals surface area contributed by atoms with Gasteiger partial charge in [0.2, 0.25) is 5.91 Å². The maximum Gasteiger partial charge on any atom is 0.266 e. The van der Waals surface area contributed by atoms with Crippen molar-refractivity contribution in [3.8, 4) is 5.75 Å². The highest BCUT2D eigenvalue weighted by Gasteiger charge is 2.60. The third kappa shape index (κ3) is 3.37. The maximum atomic E-state index is 13.6. The van der Waals surface area contributed by atoms with Crippen molar-refractivity contribution in [3.05, 3.63) is 87.9 Å². The Bertz CT molecular complexity index is 1210. The lowest BCUT2D eigenvalue weighted by Crippen LogP contribution is -2.37. The molecule has 32 heavy (non-hydrogen) atoms. The Morgan fingerprint density at radius 2 is 1.69 bits per heavy atom. The van der Waals surface area contributed by atoms with Crippen molar-refractivity contribution < 1.29 is 19.2 Å². The number of methoxy groups -OCH3 is 1. The highest BCUT2D eigenvalue weighted by Crippen LogP contribution is 2.48.